The van der Waals surface area contributed by atoms with Crippen molar-refractivity contribution in [1.82, 2.24) is 10.2 Å². The highest BCUT2D eigenvalue weighted by Crippen LogP contribution is 2.24. The molecule has 0 aliphatic carbocycles. The molecular weight excluding hydrogens is 440 g/mol. The Balaban J connectivity index is 1.23. The van der Waals surface area contributed by atoms with E-state index in [9.17, 15) is 9.59 Å². The lowest BCUT2D eigenvalue weighted by molar-refractivity contribution is 0.0472. The summed E-state index contributed by atoms with van der Waals surface area (Å²) in [7, 11) is 0. The number of hydrogen-bond donors (Lipinski definition) is 0. The van der Waals surface area contributed by atoms with E-state index in [-0.39, 0.29) is 12.4 Å². The Morgan fingerprint density at radius 3 is 1.91 bits per heavy atom. The molecule has 4 aromatic carbocycles. The van der Waals surface area contributed by atoms with Crippen LogP contribution in [0.1, 0.15) is 31.8 Å². The van der Waals surface area contributed by atoms with Crippen LogP contribution in [0.3, 0.4) is 0 Å². The summed E-state index contributed by atoms with van der Waals surface area (Å²) in [6.07, 6.45) is 0. The van der Waals surface area contributed by atoms with Crippen LogP contribution in [0.15, 0.2) is 114 Å². The Bertz CT molecular complexity index is 1460. The molecule has 5 rings (SSSR count). The molecule has 0 saturated carbocycles. The number of carbonyl (C=O) groups is 2. The normalized spacial score (nSPS) is 10.6. The van der Waals surface area contributed by atoms with E-state index < -0.39 is 5.97 Å². The highest BCUT2D eigenvalue weighted by atomic mass is 16.5. The van der Waals surface area contributed by atoms with Crippen molar-refractivity contribution in [1.29, 1.82) is 0 Å². The number of ether oxygens (including phenoxy) is 1. The van der Waals surface area contributed by atoms with Gasteiger partial charge in [-0.05, 0) is 48.0 Å². The standard InChI is InChI=1S/C29H20N2O4/c32-26(21-9-3-1-4-10-21)25-13-7-8-20(18-25)19-34-29(33)24-16-14-23(15-17-24)28-31-30-27(35-28)22-11-5-2-6-12-22/h1-18H,19H2. The molecule has 170 valence electrons. The zero-order valence-corrected chi connectivity index (χ0v) is 18.6. The third-order valence-electron chi connectivity index (χ3n) is 5.41. The predicted molar refractivity (Wildman–Crippen MR) is 131 cm³/mol. The number of aromatic nitrogens is 2. The number of ketones is 1. The molecule has 0 radical (unpaired) electrons. The molecule has 0 atom stereocenters. The van der Waals surface area contributed by atoms with Crippen LogP contribution in [0.4, 0.5) is 0 Å². The second-order valence-corrected chi connectivity index (χ2v) is 7.83. The van der Waals surface area contributed by atoms with E-state index in [1.807, 2.05) is 54.6 Å². The van der Waals surface area contributed by atoms with Gasteiger partial charge in [0.1, 0.15) is 6.61 Å². The number of esters is 1. The van der Waals surface area contributed by atoms with E-state index in [4.69, 9.17) is 9.15 Å². The molecule has 0 aliphatic rings. The number of benzene rings is 4. The maximum atomic E-state index is 12.7. The number of hydrogen-bond acceptors (Lipinski definition) is 6. The maximum Gasteiger partial charge on any atom is 0.338 e. The quantitative estimate of drug-likeness (QED) is 0.219. The number of nitrogens with zero attached hydrogens (tertiary/aromatic N) is 2. The van der Waals surface area contributed by atoms with Gasteiger partial charge in [0, 0.05) is 22.3 Å². The van der Waals surface area contributed by atoms with Crippen molar-refractivity contribution in [3.05, 3.63) is 131 Å². The Morgan fingerprint density at radius 2 is 1.23 bits per heavy atom. The Hall–Kier alpha value is -4.84. The van der Waals surface area contributed by atoms with Crippen molar-refractivity contribution >= 4 is 11.8 Å². The highest BCUT2D eigenvalue weighted by molar-refractivity contribution is 6.09. The molecule has 0 aliphatic heterocycles. The molecule has 5 aromatic rings. The van der Waals surface area contributed by atoms with Gasteiger partial charge in [-0.25, -0.2) is 4.79 Å². The SMILES string of the molecule is O=C(OCc1cccc(C(=O)c2ccccc2)c1)c1ccc(-c2nnc(-c3ccccc3)o2)cc1. The summed E-state index contributed by atoms with van der Waals surface area (Å²) >= 11 is 0. The molecule has 35 heavy (non-hydrogen) atoms. The smallest absolute Gasteiger partial charge is 0.338 e. The molecule has 0 N–H and O–H groups in total. The van der Waals surface area contributed by atoms with Gasteiger partial charge in [-0.1, -0.05) is 66.7 Å². The molecule has 0 fully saturated rings. The minimum atomic E-state index is -0.466. The van der Waals surface area contributed by atoms with Crippen LogP contribution >= 0.6 is 0 Å². The average molecular weight is 460 g/mol. The lowest BCUT2D eigenvalue weighted by Gasteiger charge is -2.07. The van der Waals surface area contributed by atoms with E-state index in [2.05, 4.69) is 10.2 Å². The van der Waals surface area contributed by atoms with Gasteiger partial charge in [0.2, 0.25) is 11.8 Å². The van der Waals surface area contributed by atoms with Crippen molar-refractivity contribution in [2.75, 3.05) is 0 Å². The van der Waals surface area contributed by atoms with Gasteiger partial charge >= 0.3 is 5.97 Å². The van der Waals surface area contributed by atoms with Crippen molar-refractivity contribution in [2.45, 2.75) is 6.61 Å². The third kappa shape index (κ3) is 5.07. The van der Waals surface area contributed by atoms with E-state index >= 15 is 0 Å². The molecule has 6 heteroatoms. The second kappa shape index (κ2) is 9.97. The molecular formula is C29H20N2O4. The molecule has 0 unspecified atom stereocenters. The Labute approximate surface area is 201 Å². The van der Waals surface area contributed by atoms with E-state index in [1.165, 1.54) is 0 Å². The van der Waals surface area contributed by atoms with Crippen molar-refractivity contribution in [2.24, 2.45) is 0 Å². The zero-order chi connectivity index (χ0) is 24.0. The van der Waals surface area contributed by atoms with Crippen LogP contribution in [-0.2, 0) is 11.3 Å². The minimum absolute atomic E-state index is 0.0561. The summed E-state index contributed by atoms with van der Waals surface area (Å²) in [5.74, 6) is 0.249. The van der Waals surface area contributed by atoms with Crippen LogP contribution in [-0.4, -0.2) is 21.9 Å². The van der Waals surface area contributed by atoms with Crippen molar-refractivity contribution < 1.29 is 18.7 Å². The Kier molecular flexibility index (Phi) is 6.26. The fourth-order valence-electron chi connectivity index (χ4n) is 3.58. The molecule has 1 aromatic heterocycles. The average Bonchev–Trinajstić information content (AvgIpc) is 3.43. The molecule has 0 amide bonds. The first-order chi connectivity index (χ1) is 17.2. The summed E-state index contributed by atoms with van der Waals surface area (Å²) in [6.45, 7) is 0.0561. The Morgan fingerprint density at radius 1 is 0.629 bits per heavy atom. The number of carbonyl (C=O) groups excluding carboxylic acids is 2. The predicted octanol–water partition coefficient (Wildman–Crippen LogP) is 5.99. The fourth-order valence-corrected chi connectivity index (χ4v) is 3.58. The summed E-state index contributed by atoms with van der Waals surface area (Å²) in [5, 5.41) is 8.19. The lowest BCUT2D eigenvalue weighted by atomic mass is 10.0. The molecule has 1 heterocycles. The molecule has 0 spiro atoms. The first kappa shape index (κ1) is 22.0. The molecule has 0 saturated heterocycles. The van der Waals surface area contributed by atoms with Gasteiger partial charge in [-0.2, -0.15) is 0 Å². The topological polar surface area (TPSA) is 82.3 Å². The van der Waals surface area contributed by atoms with Gasteiger partial charge in [0.25, 0.3) is 0 Å². The lowest BCUT2D eigenvalue weighted by Crippen LogP contribution is -2.06. The molecule has 0 bridgehead atoms. The number of rotatable bonds is 7. The van der Waals surface area contributed by atoms with E-state index in [1.54, 1.807) is 54.6 Å². The summed E-state index contributed by atoms with van der Waals surface area (Å²) in [6, 6.07) is 32.4. The minimum Gasteiger partial charge on any atom is -0.457 e. The fraction of sp³-hybridized carbons (Fsp3) is 0.0345. The van der Waals surface area contributed by atoms with Gasteiger partial charge in [0.05, 0.1) is 5.56 Å². The summed E-state index contributed by atoms with van der Waals surface area (Å²) in [5.41, 5.74) is 3.82. The van der Waals surface area contributed by atoms with Gasteiger partial charge in [-0.15, -0.1) is 10.2 Å². The van der Waals surface area contributed by atoms with Gasteiger partial charge < -0.3 is 9.15 Å². The van der Waals surface area contributed by atoms with Crippen LogP contribution in [0.25, 0.3) is 22.9 Å². The van der Waals surface area contributed by atoms with Crippen LogP contribution in [0.2, 0.25) is 0 Å². The summed E-state index contributed by atoms with van der Waals surface area (Å²) in [4.78, 5) is 25.2. The zero-order valence-electron chi connectivity index (χ0n) is 18.6. The van der Waals surface area contributed by atoms with Crippen LogP contribution in [0, 0.1) is 0 Å². The van der Waals surface area contributed by atoms with Gasteiger partial charge in [-0.3, -0.25) is 4.79 Å². The van der Waals surface area contributed by atoms with Crippen LogP contribution in [0.5, 0.6) is 0 Å². The van der Waals surface area contributed by atoms with Crippen molar-refractivity contribution in [3.8, 4) is 22.9 Å². The monoisotopic (exact) mass is 460 g/mol. The first-order valence-corrected chi connectivity index (χ1v) is 11.0. The largest absolute Gasteiger partial charge is 0.457 e. The van der Waals surface area contributed by atoms with Gasteiger partial charge in [0.15, 0.2) is 5.78 Å². The first-order valence-electron chi connectivity index (χ1n) is 11.0. The summed E-state index contributed by atoms with van der Waals surface area (Å²) < 4.78 is 11.2. The van der Waals surface area contributed by atoms with Crippen molar-refractivity contribution in [3.63, 3.8) is 0 Å². The second-order valence-electron chi connectivity index (χ2n) is 7.83. The van der Waals surface area contributed by atoms with E-state index in [0.29, 0.717) is 34.0 Å². The third-order valence-corrected chi connectivity index (χ3v) is 5.41. The maximum absolute atomic E-state index is 12.7. The molecule has 6 nitrogen and oxygen atoms in total. The highest BCUT2D eigenvalue weighted by Gasteiger charge is 2.13. The van der Waals surface area contributed by atoms with E-state index in [0.717, 1.165) is 11.1 Å². The van der Waals surface area contributed by atoms with Crippen LogP contribution < -0.4 is 0 Å².